The molecule has 0 amide bonds. The minimum absolute atomic E-state index is 0.152. The Balaban J connectivity index is 1.83. The maximum atomic E-state index is 11.2. The number of aromatic nitrogens is 1. The van der Waals surface area contributed by atoms with E-state index in [1.54, 1.807) is 11.3 Å². The molecule has 0 saturated heterocycles. The van der Waals surface area contributed by atoms with Gasteiger partial charge in [0.2, 0.25) is 0 Å². The number of rotatable bonds is 6. The maximum Gasteiger partial charge on any atom is 0.305 e. The Kier molecular flexibility index (Phi) is 4.57. The lowest BCUT2D eigenvalue weighted by molar-refractivity contribution is -0.143. The molecule has 0 aliphatic heterocycles. The Bertz CT molecular complexity index is 568. The number of nitrogens with two attached hydrogens (primary N) is 1. The van der Waals surface area contributed by atoms with Crippen LogP contribution in [0, 0.1) is 0 Å². The molecular weight excluding hydrogens is 262 g/mol. The first-order valence-corrected chi connectivity index (χ1v) is 7.06. The summed E-state index contributed by atoms with van der Waals surface area (Å²) in [7, 11) is 0. The number of benzene rings is 1. The lowest BCUT2D eigenvalue weighted by atomic mass is 10.3. The quantitative estimate of drug-likeness (QED) is 0.483. The molecule has 0 bridgehead atoms. The van der Waals surface area contributed by atoms with Crippen molar-refractivity contribution in [3.8, 4) is 0 Å². The van der Waals surface area contributed by atoms with E-state index in [2.05, 4.69) is 10.3 Å². The highest BCUT2D eigenvalue weighted by Gasteiger charge is 2.04. The van der Waals surface area contributed by atoms with Gasteiger partial charge in [0, 0.05) is 18.7 Å². The molecule has 0 saturated carbocycles. The molecule has 0 unspecified atom stereocenters. The Morgan fingerprint density at radius 2 is 2.37 bits per heavy atom. The van der Waals surface area contributed by atoms with Crippen LogP contribution < -0.4 is 11.1 Å². The molecule has 0 aliphatic carbocycles. The third kappa shape index (κ3) is 3.82. The van der Waals surface area contributed by atoms with Crippen LogP contribution in [-0.2, 0) is 9.53 Å². The Morgan fingerprint density at radius 1 is 1.53 bits per heavy atom. The van der Waals surface area contributed by atoms with Gasteiger partial charge in [-0.05, 0) is 31.5 Å². The van der Waals surface area contributed by atoms with Crippen molar-refractivity contribution in [3.05, 3.63) is 18.2 Å². The third-order valence-electron chi connectivity index (χ3n) is 2.55. The van der Waals surface area contributed by atoms with Gasteiger partial charge in [-0.1, -0.05) is 11.3 Å². The van der Waals surface area contributed by atoms with E-state index in [0.717, 1.165) is 27.5 Å². The first-order chi connectivity index (χ1) is 9.19. The van der Waals surface area contributed by atoms with E-state index in [4.69, 9.17) is 10.5 Å². The fourth-order valence-corrected chi connectivity index (χ4v) is 2.62. The Hall–Kier alpha value is -1.82. The van der Waals surface area contributed by atoms with Crippen molar-refractivity contribution < 1.29 is 9.53 Å². The van der Waals surface area contributed by atoms with Gasteiger partial charge < -0.3 is 15.8 Å². The smallest absolute Gasteiger partial charge is 0.305 e. The molecule has 19 heavy (non-hydrogen) atoms. The number of nitrogen functional groups attached to an aromatic ring is 1. The van der Waals surface area contributed by atoms with E-state index in [0.29, 0.717) is 19.6 Å². The van der Waals surface area contributed by atoms with Crippen LogP contribution in [0.2, 0.25) is 0 Å². The van der Waals surface area contributed by atoms with Crippen molar-refractivity contribution in [2.45, 2.75) is 19.8 Å². The van der Waals surface area contributed by atoms with E-state index in [-0.39, 0.29) is 5.97 Å². The molecule has 1 aromatic carbocycles. The van der Waals surface area contributed by atoms with E-state index in [1.165, 1.54) is 0 Å². The molecule has 0 spiro atoms. The van der Waals surface area contributed by atoms with Crippen LogP contribution >= 0.6 is 11.3 Å². The average Bonchev–Trinajstić information content (AvgIpc) is 2.77. The second-order valence-electron chi connectivity index (χ2n) is 4.08. The van der Waals surface area contributed by atoms with E-state index < -0.39 is 0 Å². The standard InChI is InChI=1S/C13H17N3O2S/c1-2-18-12(17)4-3-7-15-13-16-10-6-5-9(14)8-11(10)19-13/h5-6,8H,2-4,7,14H2,1H3,(H,15,16). The lowest BCUT2D eigenvalue weighted by Crippen LogP contribution is -2.07. The summed E-state index contributed by atoms with van der Waals surface area (Å²) in [6.07, 6.45) is 1.16. The second kappa shape index (κ2) is 6.38. The summed E-state index contributed by atoms with van der Waals surface area (Å²) in [6, 6.07) is 5.66. The largest absolute Gasteiger partial charge is 0.466 e. The number of ether oxygens (including phenoxy) is 1. The van der Waals surface area contributed by atoms with E-state index in [9.17, 15) is 4.79 Å². The van der Waals surface area contributed by atoms with Crippen molar-refractivity contribution in [3.63, 3.8) is 0 Å². The van der Waals surface area contributed by atoms with Crippen molar-refractivity contribution in [1.82, 2.24) is 4.98 Å². The molecule has 0 atom stereocenters. The molecule has 6 heteroatoms. The normalized spacial score (nSPS) is 10.6. The monoisotopic (exact) mass is 279 g/mol. The van der Waals surface area contributed by atoms with Gasteiger partial charge in [-0.25, -0.2) is 4.98 Å². The lowest BCUT2D eigenvalue weighted by Gasteiger charge is -2.02. The summed E-state index contributed by atoms with van der Waals surface area (Å²) in [5, 5.41) is 4.06. The molecule has 2 aromatic rings. The second-order valence-corrected chi connectivity index (χ2v) is 5.11. The van der Waals surface area contributed by atoms with Gasteiger partial charge in [-0.2, -0.15) is 0 Å². The number of esters is 1. The third-order valence-corrected chi connectivity index (χ3v) is 3.53. The highest BCUT2D eigenvalue weighted by molar-refractivity contribution is 7.22. The zero-order valence-corrected chi connectivity index (χ0v) is 11.6. The molecule has 0 aliphatic rings. The van der Waals surface area contributed by atoms with Gasteiger partial charge in [-0.3, -0.25) is 4.79 Å². The molecule has 102 valence electrons. The van der Waals surface area contributed by atoms with Crippen molar-refractivity contribution >= 4 is 38.3 Å². The Labute approximate surface area is 115 Å². The zero-order chi connectivity index (χ0) is 13.7. The fraction of sp³-hybridized carbons (Fsp3) is 0.385. The van der Waals surface area contributed by atoms with Crippen LogP contribution in [0.4, 0.5) is 10.8 Å². The minimum atomic E-state index is -0.152. The van der Waals surface area contributed by atoms with Gasteiger partial charge in [0.25, 0.3) is 0 Å². The molecular formula is C13H17N3O2S. The maximum absolute atomic E-state index is 11.2. The number of thiazole rings is 1. The summed E-state index contributed by atoms with van der Waals surface area (Å²) in [5.74, 6) is -0.152. The number of hydrogen-bond acceptors (Lipinski definition) is 6. The Morgan fingerprint density at radius 3 is 3.16 bits per heavy atom. The number of fused-ring (bicyclic) bond motifs is 1. The number of carbonyl (C=O) groups excluding carboxylic acids is 1. The fourth-order valence-electron chi connectivity index (χ4n) is 1.68. The molecule has 3 N–H and O–H groups in total. The first-order valence-electron chi connectivity index (χ1n) is 6.24. The van der Waals surface area contributed by atoms with Crippen molar-refractivity contribution in [1.29, 1.82) is 0 Å². The van der Waals surface area contributed by atoms with Crippen molar-refractivity contribution in [2.24, 2.45) is 0 Å². The summed E-state index contributed by atoms with van der Waals surface area (Å²) >= 11 is 1.56. The zero-order valence-electron chi connectivity index (χ0n) is 10.8. The number of carbonyl (C=O) groups is 1. The minimum Gasteiger partial charge on any atom is -0.466 e. The van der Waals surface area contributed by atoms with E-state index in [1.807, 2.05) is 25.1 Å². The van der Waals surface area contributed by atoms with Crippen LogP contribution in [0.15, 0.2) is 18.2 Å². The number of hydrogen-bond donors (Lipinski definition) is 2. The van der Waals surface area contributed by atoms with E-state index >= 15 is 0 Å². The van der Waals surface area contributed by atoms with Crippen molar-refractivity contribution in [2.75, 3.05) is 24.2 Å². The van der Waals surface area contributed by atoms with Crippen LogP contribution in [0.25, 0.3) is 10.2 Å². The summed E-state index contributed by atoms with van der Waals surface area (Å²) < 4.78 is 5.92. The van der Waals surface area contributed by atoms with Crippen LogP contribution in [0.1, 0.15) is 19.8 Å². The van der Waals surface area contributed by atoms with Crippen LogP contribution in [0.3, 0.4) is 0 Å². The molecule has 0 fully saturated rings. The molecule has 1 heterocycles. The van der Waals surface area contributed by atoms with Gasteiger partial charge >= 0.3 is 5.97 Å². The number of nitrogens with zero attached hydrogens (tertiary/aromatic N) is 1. The molecule has 1 aromatic heterocycles. The van der Waals surface area contributed by atoms with Gasteiger partial charge in [0.05, 0.1) is 16.8 Å². The topological polar surface area (TPSA) is 77.2 Å². The predicted molar refractivity (Wildman–Crippen MR) is 78.4 cm³/mol. The highest BCUT2D eigenvalue weighted by Crippen LogP contribution is 2.27. The number of anilines is 2. The van der Waals surface area contributed by atoms with Crippen LogP contribution in [-0.4, -0.2) is 24.1 Å². The SMILES string of the molecule is CCOC(=O)CCCNc1nc2ccc(N)cc2s1. The summed E-state index contributed by atoms with van der Waals surface area (Å²) in [4.78, 5) is 15.6. The van der Waals surface area contributed by atoms with Gasteiger partial charge in [0.1, 0.15) is 0 Å². The van der Waals surface area contributed by atoms with Gasteiger partial charge in [0.15, 0.2) is 5.13 Å². The highest BCUT2D eigenvalue weighted by atomic mass is 32.1. The van der Waals surface area contributed by atoms with Gasteiger partial charge in [-0.15, -0.1) is 0 Å². The molecule has 0 radical (unpaired) electrons. The summed E-state index contributed by atoms with van der Waals surface area (Å²) in [5.41, 5.74) is 7.40. The van der Waals surface area contributed by atoms with Crippen LogP contribution in [0.5, 0.6) is 0 Å². The first kappa shape index (κ1) is 13.6. The molecule has 5 nitrogen and oxygen atoms in total. The average molecular weight is 279 g/mol. The molecule has 2 rings (SSSR count). The number of nitrogens with one attached hydrogen (secondary N) is 1. The summed E-state index contributed by atoms with van der Waals surface area (Å²) in [6.45, 7) is 2.95. The predicted octanol–water partition coefficient (Wildman–Crippen LogP) is 2.63.